The Morgan fingerprint density at radius 3 is 2.55 bits per heavy atom. The van der Waals surface area contributed by atoms with Crippen LogP contribution in [-0.4, -0.2) is 51.5 Å². The molecule has 0 aromatic carbocycles. The molecule has 6 heteroatoms. The standard InChI is InChI=1S/C25H34O6/c1-7-12(2)22(29)31-11-15-9-16-18-17(23(18,5)6)8-14(4)24(21(16)28)10-13(3)19(26)25(24,30)20(15)27/h7,9-10,14,16-20,26-27,30H,8,11H2,1-6H3/b12-7-/t14-,16+,17-,18+,19+,20-,24+,25-/m1/s1. The Morgan fingerprint density at radius 1 is 1.29 bits per heavy atom. The number of aliphatic hydroxyl groups is 3. The van der Waals surface area contributed by atoms with Gasteiger partial charge in [-0.25, -0.2) is 4.79 Å². The molecule has 8 atom stereocenters. The highest BCUT2D eigenvalue weighted by molar-refractivity contribution is 5.95. The number of ketones is 1. The number of Topliss-reactive ketones (excluding diaryl/α,β-unsaturated/α-hetero) is 1. The molecule has 0 aliphatic heterocycles. The van der Waals surface area contributed by atoms with Gasteiger partial charge in [-0.2, -0.15) is 0 Å². The van der Waals surface area contributed by atoms with E-state index in [1.54, 1.807) is 39.0 Å². The molecule has 0 unspecified atom stereocenters. The first-order chi connectivity index (χ1) is 14.4. The van der Waals surface area contributed by atoms with Crippen LogP contribution in [0, 0.1) is 34.5 Å². The third-order valence-electron chi connectivity index (χ3n) is 8.87. The predicted octanol–water partition coefficient (Wildman–Crippen LogP) is 2.33. The minimum absolute atomic E-state index is 0.0284. The molecule has 0 heterocycles. The molecule has 0 aromatic heterocycles. The summed E-state index contributed by atoms with van der Waals surface area (Å²) in [6, 6.07) is 0. The molecular formula is C25H34O6. The van der Waals surface area contributed by atoms with Crippen LogP contribution < -0.4 is 0 Å². The molecule has 170 valence electrons. The predicted molar refractivity (Wildman–Crippen MR) is 115 cm³/mol. The van der Waals surface area contributed by atoms with Crippen LogP contribution >= 0.6 is 0 Å². The van der Waals surface area contributed by atoms with Gasteiger partial charge in [0.25, 0.3) is 0 Å². The van der Waals surface area contributed by atoms with Crippen molar-refractivity contribution in [2.24, 2.45) is 34.5 Å². The summed E-state index contributed by atoms with van der Waals surface area (Å²) in [5, 5.41) is 34.3. The molecule has 0 amide bonds. The summed E-state index contributed by atoms with van der Waals surface area (Å²) >= 11 is 0. The van der Waals surface area contributed by atoms with Crippen LogP contribution in [0.4, 0.5) is 0 Å². The highest BCUT2D eigenvalue weighted by Gasteiger charge is 2.75. The number of rotatable bonds is 3. The molecule has 4 aliphatic rings. The Kier molecular flexibility index (Phi) is 4.97. The number of carbonyl (C=O) groups excluding carboxylic acids is 2. The molecule has 0 saturated heterocycles. The van der Waals surface area contributed by atoms with Gasteiger partial charge in [-0.15, -0.1) is 0 Å². The molecule has 2 bridgehead atoms. The summed E-state index contributed by atoms with van der Waals surface area (Å²) in [6.07, 6.45) is 2.87. The van der Waals surface area contributed by atoms with Gasteiger partial charge in [0.2, 0.25) is 0 Å². The zero-order valence-corrected chi connectivity index (χ0v) is 19.2. The molecule has 0 aromatic rings. The second-order valence-corrected chi connectivity index (χ2v) is 10.7. The molecule has 6 nitrogen and oxygen atoms in total. The van der Waals surface area contributed by atoms with Crippen molar-refractivity contribution in [1.29, 1.82) is 0 Å². The quantitative estimate of drug-likeness (QED) is 0.361. The SMILES string of the molecule is C/C=C(/C)C(=O)OCC1=C[C@@H]2C(=O)[C@]3(C=C(C)[C@H](O)[C@@]3(O)[C@@H]1O)[C@H](C)C[C@@H]1[C@H]2C1(C)C. The monoisotopic (exact) mass is 430 g/mol. The van der Waals surface area contributed by atoms with E-state index in [2.05, 4.69) is 13.8 Å². The topological polar surface area (TPSA) is 104 Å². The molecule has 1 spiro atoms. The number of aliphatic hydroxyl groups excluding tert-OH is 2. The molecule has 3 N–H and O–H groups in total. The zero-order valence-electron chi connectivity index (χ0n) is 19.2. The summed E-state index contributed by atoms with van der Waals surface area (Å²) in [6.45, 7) is 11.0. The summed E-state index contributed by atoms with van der Waals surface area (Å²) in [7, 11) is 0. The first kappa shape index (κ1) is 22.4. The highest BCUT2D eigenvalue weighted by Crippen LogP contribution is 2.71. The van der Waals surface area contributed by atoms with E-state index in [0.29, 0.717) is 17.1 Å². The van der Waals surface area contributed by atoms with E-state index < -0.39 is 35.1 Å². The van der Waals surface area contributed by atoms with Gasteiger partial charge in [0.05, 0.1) is 5.41 Å². The van der Waals surface area contributed by atoms with E-state index in [1.807, 2.05) is 6.92 Å². The maximum absolute atomic E-state index is 14.1. The minimum atomic E-state index is -2.10. The molecule has 31 heavy (non-hydrogen) atoms. The van der Waals surface area contributed by atoms with Crippen molar-refractivity contribution in [3.05, 3.63) is 34.9 Å². The first-order valence-electron chi connectivity index (χ1n) is 11.2. The molecule has 4 rings (SSSR count). The van der Waals surface area contributed by atoms with E-state index in [1.165, 1.54) is 0 Å². The normalized spacial score (nSPS) is 45.6. The van der Waals surface area contributed by atoms with E-state index >= 15 is 0 Å². The van der Waals surface area contributed by atoms with Gasteiger partial charge in [0, 0.05) is 11.5 Å². The van der Waals surface area contributed by atoms with Gasteiger partial charge in [-0.05, 0) is 61.5 Å². The molecule has 4 aliphatic carbocycles. The second kappa shape index (κ2) is 6.87. The Labute approximate surface area is 183 Å². The number of hydrogen-bond donors (Lipinski definition) is 3. The number of esters is 1. The van der Waals surface area contributed by atoms with E-state index in [-0.39, 0.29) is 35.2 Å². The fourth-order valence-electron chi connectivity index (χ4n) is 6.80. The molecule has 2 fully saturated rings. The van der Waals surface area contributed by atoms with Crippen LogP contribution in [0.3, 0.4) is 0 Å². The number of allylic oxidation sites excluding steroid dienone is 2. The van der Waals surface area contributed by atoms with Crippen LogP contribution in [0.25, 0.3) is 0 Å². The molecule has 2 saturated carbocycles. The molecular weight excluding hydrogens is 396 g/mol. The van der Waals surface area contributed by atoms with Crippen LogP contribution in [-0.2, 0) is 14.3 Å². The van der Waals surface area contributed by atoms with Crippen molar-refractivity contribution in [2.45, 2.75) is 65.8 Å². The third-order valence-corrected chi connectivity index (χ3v) is 8.87. The van der Waals surface area contributed by atoms with Crippen molar-refractivity contribution in [3.63, 3.8) is 0 Å². The largest absolute Gasteiger partial charge is 0.458 e. The second-order valence-electron chi connectivity index (χ2n) is 10.7. The van der Waals surface area contributed by atoms with E-state index in [0.717, 1.165) is 6.42 Å². The average Bonchev–Trinajstić information content (AvgIpc) is 3.22. The lowest BCUT2D eigenvalue weighted by Crippen LogP contribution is -2.65. The Bertz CT molecular complexity index is 926. The third kappa shape index (κ3) is 2.68. The van der Waals surface area contributed by atoms with Crippen LogP contribution in [0.15, 0.2) is 34.9 Å². The fourth-order valence-corrected chi connectivity index (χ4v) is 6.80. The number of fused-ring (bicyclic) bond motifs is 3. The zero-order chi connectivity index (χ0) is 23.1. The van der Waals surface area contributed by atoms with E-state index in [9.17, 15) is 24.9 Å². The number of hydrogen-bond acceptors (Lipinski definition) is 6. The maximum atomic E-state index is 14.1. The van der Waals surface area contributed by atoms with Gasteiger partial charge in [-0.1, -0.05) is 39.0 Å². The van der Waals surface area contributed by atoms with E-state index in [4.69, 9.17) is 4.74 Å². The van der Waals surface area contributed by atoms with Crippen molar-refractivity contribution in [1.82, 2.24) is 0 Å². The number of carbonyl (C=O) groups is 2. The van der Waals surface area contributed by atoms with Crippen LogP contribution in [0.1, 0.15) is 48.0 Å². The van der Waals surface area contributed by atoms with Crippen molar-refractivity contribution in [2.75, 3.05) is 6.61 Å². The van der Waals surface area contributed by atoms with Crippen LogP contribution in [0.5, 0.6) is 0 Å². The van der Waals surface area contributed by atoms with Gasteiger partial charge in [-0.3, -0.25) is 4.79 Å². The maximum Gasteiger partial charge on any atom is 0.333 e. The van der Waals surface area contributed by atoms with Gasteiger partial charge < -0.3 is 20.1 Å². The minimum Gasteiger partial charge on any atom is -0.458 e. The summed E-state index contributed by atoms with van der Waals surface area (Å²) < 4.78 is 5.40. The van der Waals surface area contributed by atoms with Gasteiger partial charge in [0.15, 0.2) is 5.78 Å². The Hall–Kier alpha value is -1.76. The average molecular weight is 431 g/mol. The summed E-state index contributed by atoms with van der Waals surface area (Å²) in [5.74, 6) is -1.04. The highest BCUT2D eigenvalue weighted by atomic mass is 16.5. The molecule has 0 radical (unpaired) electrons. The van der Waals surface area contributed by atoms with Gasteiger partial charge in [0.1, 0.15) is 24.4 Å². The lowest BCUT2D eigenvalue weighted by molar-refractivity contribution is -0.190. The van der Waals surface area contributed by atoms with Gasteiger partial charge >= 0.3 is 5.97 Å². The Balaban J connectivity index is 1.84. The number of ether oxygens (including phenoxy) is 1. The summed E-state index contributed by atoms with van der Waals surface area (Å²) in [5.41, 5.74) is -2.32. The fraction of sp³-hybridized carbons (Fsp3) is 0.680. The van der Waals surface area contributed by atoms with Crippen molar-refractivity contribution in [3.8, 4) is 0 Å². The van der Waals surface area contributed by atoms with Crippen molar-refractivity contribution >= 4 is 11.8 Å². The smallest absolute Gasteiger partial charge is 0.333 e. The lowest BCUT2D eigenvalue weighted by Gasteiger charge is -2.48. The van der Waals surface area contributed by atoms with Crippen molar-refractivity contribution < 1.29 is 29.6 Å². The lowest BCUT2D eigenvalue weighted by atomic mass is 9.59. The first-order valence-corrected chi connectivity index (χ1v) is 11.2. The Morgan fingerprint density at radius 2 is 1.94 bits per heavy atom. The summed E-state index contributed by atoms with van der Waals surface area (Å²) in [4.78, 5) is 26.3. The van der Waals surface area contributed by atoms with Crippen LogP contribution in [0.2, 0.25) is 0 Å².